The summed E-state index contributed by atoms with van der Waals surface area (Å²) in [4.78, 5) is 0. The number of rotatable bonds is 4. The van der Waals surface area contributed by atoms with E-state index >= 15 is 0 Å². The summed E-state index contributed by atoms with van der Waals surface area (Å²) in [6, 6.07) is 54.0. The third kappa shape index (κ3) is 4.92. The van der Waals surface area contributed by atoms with Gasteiger partial charge in [0.15, 0.2) is 0 Å². The Morgan fingerprint density at radius 2 is 0.849 bits per heavy atom. The number of benzene rings is 8. The molecule has 0 atom stereocenters. The molecular formula is C52H36O. The lowest BCUT2D eigenvalue weighted by Gasteiger charge is -2.18. The van der Waals surface area contributed by atoms with E-state index in [0.717, 1.165) is 42.2 Å². The van der Waals surface area contributed by atoms with Crippen LogP contribution in [0.15, 0.2) is 150 Å². The van der Waals surface area contributed by atoms with Gasteiger partial charge in [0.1, 0.15) is 11.0 Å². The first-order valence-corrected chi connectivity index (χ1v) is 18.9. The number of fused-ring (bicyclic) bond motifs is 7. The monoisotopic (exact) mass is 676 g/mol. The molecule has 1 aromatic heterocycles. The molecule has 1 heteroatoms. The van der Waals surface area contributed by atoms with Gasteiger partial charge >= 0.3 is 0 Å². The highest BCUT2D eigenvalue weighted by Crippen LogP contribution is 2.36. The minimum absolute atomic E-state index is 0.981. The summed E-state index contributed by atoms with van der Waals surface area (Å²) < 4.78 is 6.43. The van der Waals surface area contributed by atoms with Crippen LogP contribution in [0.5, 0.6) is 0 Å². The van der Waals surface area contributed by atoms with Crippen molar-refractivity contribution in [1.82, 2.24) is 0 Å². The Kier molecular flexibility index (Phi) is 6.88. The van der Waals surface area contributed by atoms with Crippen LogP contribution in [-0.2, 0) is 0 Å². The van der Waals surface area contributed by atoms with E-state index in [1.807, 2.05) is 0 Å². The van der Waals surface area contributed by atoms with Crippen LogP contribution in [-0.4, -0.2) is 0 Å². The summed E-state index contributed by atoms with van der Waals surface area (Å²) in [7, 11) is 0. The molecule has 1 nitrogen and oxygen atoms in total. The van der Waals surface area contributed by atoms with Crippen molar-refractivity contribution in [3.8, 4) is 44.5 Å². The van der Waals surface area contributed by atoms with Crippen LogP contribution in [0, 0.1) is 0 Å². The Morgan fingerprint density at radius 3 is 1.64 bits per heavy atom. The third-order valence-electron chi connectivity index (χ3n) is 11.5. The molecule has 0 spiro atoms. The van der Waals surface area contributed by atoms with Gasteiger partial charge < -0.3 is 4.42 Å². The van der Waals surface area contributed by atoms with Gasteiger partial charge in [0, 0.05) is 16.2 Å². The van der Waals surface area contributed by atoms with E-state index in [9.17, 15) is 0 Å². The quantitative estimate of drug-likeness (QED) is 0.181. The Morgan fingerprint density at radius 1 is 0.340 bits per heavy atom. The maximum absolute atomic E-state index is 6.43. The maximum Gasteiger partial charge on any atom is 0.143 e. The molecule has 9 aromatic rings. The first-order chi connectivity index (χ1) is 26.3. The molecule has 2 aliphatic carbocycles. The normalized spacial score (nSPS) is 13.6. The molecule has 1 heterocycles. The van der Waals surface area contributed by atoms with Gasteiger partial charge in [-0.3, -0.25) is 0 Å². The highest BCUT2D eigenvalue weighted by atomic mass is 16.3. The Hall–Kier alpha value is -6.44. The minimum atomic E-state index is 0.981. The molecule has 0 unspecified atom stereocenters. The fraction of sp³-hybridized carbons (Fsp3) is 0.0769. The highest BCUT2D eigenvalue weighted by molar-refractivity contribution is 6.07. The van der Waals surface area contributed by atoms with Crippen molar-refractivity contribution in [2.75, 3.05) is 0 Å². The van der Waals surface area contributed by atoms with Crippen LogP contribution in [0.4, 0.5) is 0 Å². The Labute approximate surface area is 307 Å². The second-order valence-electron chi connectivity index (χ2n) is 14.6. The van der Waals surface area contributed by atoms with E-state index in [4.69, 9.17) is 4.42 Å². The van der Waals surface area contributed by atoms with Gasteiger partial charge in [0.05, 0.1) is 0 Å². The molecule has 0 bridgehead atoms. The van der Waals surface area contributed by atoms with Gasteiger partial charge in [-0.15, -0.1) is 0 Å². The first kappa shape index (κ1) is 30.2. The molecular weight excluding hydrogens is 641 g/mol. The molecule has 250 valence electrons. The number of hydrogen-bond donors (Lipinski definition) is 0. The summed E-state index contributed by atoms with van der Waals surface area (Å²) in [6.07, 6.45) is 13.7. The molecule has 0 fully saturated rings. The van der Waals surface area contributed by atoms with E-state index in [0.29, 0.717) is 0 Å². The van der Waals surface area contributed by atoms with Crippen LogP contribution < -0.4 is 21.1 Å². The molecule has 8 aromatic carbocycles. The fourth-order valence-electron chi connectivity index (χ4n) is 8.96. The lowest BCUT2D eigenvalue weighted by Crippen LogP contribution is -2.31. The zero-order valence-corrected chi connectivity index (χ0v) is 29.4. The molecule has 2 aliphatic rings. The lowest BCUT2D eigenvalue weighted by molar-refractivity contribution is 0.572. The smallest absolute Gasteiger partial charge is 0.143 e. The van der Waals surface area contributed by atoms with E-state index in [1.165, 1.54) is 92.3 Å². The van der Waals surface area contributed by atoms with Crippen molar-refractivity contribution in [3.05, 3.63) is 167 Å². The third-order valence-corrected chi connectivity index (χ3v) is 11.5. The molecule has 0 amide bonds. The molecule has 0 radical (unpaired) electrons. The second kappa shape index (κ2) is 12.1. The lowest BCUT2D eigenvalue weighted by atomic mass is 9.85. The predicted octanol–water partition coefficient (Wildman–Crippen LogP) is 11.3. The van der Waals surface area contributed by atoms with Crippen molar-refractivity contribution in [3.63, 3.8) is 0 Å². The van der Waals surface area contributed by atoms with Gasteiger partial charge in [0.2, 0.25) is 0 Å². The van der Waals surface area contributed by atoms with E-state index in [-0.39, 0.29) is 0 Å². The molecule has 0 aliphatic heterocycles. The topological polar surface area (TPSA) is 13.1 Å². The fourth-order valence-corrected chi connectivity index (χ4v) is 8.96. The number of furan rings is 1. The van der Waals surface area contributed by atoms with E-state index in [1.54, 1.807) is 0 Å². The molecule has 0 saturated carbocycles. The van der Waals surface area contributed by atoms with Crippen LogP contribution in [0.2, 0.25) is 0 Å². The van der Waals surface area contributed by atoms with Crippen molar-refractivity contribution >= 4 is 67.6 Å². The van der Waals surface area contributed by atoms with E-state index in [2.05, 4.69) is 170 Å². The summed E-state index contributed by atoms with van der Waals surface area (Å²) in [5.74, 6) is 0. The Balaban J connectivity index is 1.03. The zero-order chi connectivity index (χ0) is 34.9. The highest BCUT2D eigenvalue weighted by Gasteiger charge is 2.17. The summed E-state index contributed by atoms with van der Waals surface area (Å²) >= 11 is 0. The van der Waals surface area contributed by atoms with Crippen molar-refractivity contribution in [1.29, 1.82) is 0 Å². The van der Waals surface area contributed by atoms with Crippen molar-refractivity contribution in [2.24, 2.45) is 0 Å². The van der Waals surface area contributed by atoms with Gasteiger partial charge in [-0.05, 0) is 138 Å². The molecule has 11 rings (SSSR count). The van der Waals surface area contributed by atoms with Crippen molar-refractivity contribution < 1.29 is 4.42 Å². The summed E-state index contributed by atoms with van der Waals surface area (Å²) in [5.41, 5.74) is 12.0. The predicted molar refractivity (Wildman–Crippen MR) is 225 cm³/mol. The van der Waals surface area contributed by atoms with Crippen LogP contribution in [0.25, 0.3) is 112 Å². The SMILES string of the molecule is C1=c2oc3c(-c4ccc5cc(-c6cccc(-c7c8c(c(-c9ccc%10ccccc%10c9)c9ccccc79)=CCCC=8)c6)ccc5c4)cccc3c2=CCC1. The average Bonchev–Trinajstić information content (AvgIpc) is 3.61. The van der Waals surface area contributed by atoms with Gasteiger partial charge in [0.25, 0.3) is 0 Å². The number of hydrogen-bond acceptors (Lipinski definition) is 1. The molecule has 53 heavy (non-hydrogen) atoms. The number of para-hydroxylation sites is 1. The molecule has 0 N–H and O–H groups in total. The van der Waals surface area contributed by atoms with Gasteiger partial charge in [-0.25, -0.2) is 0 Å². The average molecular weight is 677 g/mol. The van der Waals surface area contributed by atoms with Crippen LogP contribution >= 0.6 is 0 Å². The van der Waals surface area contributed by atoms with Gasteiger partial charge in [-0.2, -0.15) is 0 Å². The van der Waals surface area contributed by atoms with Gasteiger partial charge in [-0.1, -0.05) is 140 Å². The molecule has 0 saturated heterocycles. The standard InChI is InChI=1S/C52H36O/c1-2-12-34-31-41(28-23-33(34)11-1)51-46-18-5-3-16-44(46)50(45-17-4-6-19-47(45)51)40-14-9-13-35(32-40)36-24-25-38-30-39(27-26-37(38)29-36)42-20-10-21-48-43-15-7-8-22-49(43)53-52(42)48/h1-3,5,9-32H,4,6-8H2. The Bertz CT molecular complexity index is 3230. The second-order valence-corrected chi connectivity index (χ2v) is 14.6. The summed E-state index contributed by atoms with van der Waals surface area (Å²) in [5, 5.41) is 12.8. The van der Waals surface area contributed by atoms with Crippen molar-refractivity contribution in [2.45, 2.75) is 25.7 Å². The summed E-state index contributed by atoms with van der Waals surface area (Å²) in [6.45, 7) is 0. The first-order valence-electron chi connectivity index (χ1n) is 18.9. The maximum atomic E-state index is 6.43. The zero-order valence-electron chi connectivity index (χ0n) is 29.4. The van der Waals surface area contributed by atoms with E-state index < -0.39 is 0 Å². The minimum Gasteiger partial charge on any atom is -0.456 e. The van der Waals surface area contributed by atoms with Crippen LogP contribution in [0.3, 0.4) is 0 Å². The largest absolute Gasteiger partial charge is 0.456 e. The van der Waals surface area contributed by atoms with Crippen LogP contribution in [0.1, 0.15) is 25.7 Å².